The average Bonchev–Trinajstić information content (AvgIpc) is 4.00. The van der Waals surface area contributed by atoms with Crippen LogP contribution in [0.15, 0.2) is 40.8 Å². The molecule has 3 saturated heterocycles. The predicted molar refractivity (Wildman–Crippen MR) is 209 cm³/mol. The Kier molecular flexibility index (Phi) is 11.6. The highest BCUT2D eigenvalue weighted by molar-refractivity contribution is 8.44. The summed E-state index contributed by atoms with van der Waals surface area (Å²) in [6.45, 7) is -10.1. The minimum Gasteiger partial charge on any atom is -0.394 e. The molecule has 318 valence electrons. The molecule has 3 aliphatic heterocycles. The normalized spacial score (nSPS) is 29.3. The maximum Gasteiger partial charge on any atom is 0.386 e. The van der Waals surface area contributed by atoms with Crippen LogP contribution in [0.5, 0.6) is 0 Å². The van der Waals surface area contributed by atoms with Gasteiger partial charge in [0, 0.05) is 25.5 Å². The standard InChI is InChI=1S/C29H37N13O13P2S2/c30-18-1-2-40(29(46)37-18)20-4-13(15(6-43)51-20)54-57(48,59)50-8-17-14(5-21(53-17)42-11-36-23-26(42)38-28(32)39-27(23)45)55-56(47,58)49-7-16-12(44)3-19(52-16)41-10-35-22-24(31)33-9-34-25(22)41/h1-2,9-17,19-21,43-44H,3-8H2,(H,47,58)(H,48,59)(H2,30,37,46)(H2,31,33,34)(H3,32,38,39,45)/t12?,13?,14?,15-,16-,17-,19-,20-,21-,56?,57?/m1/s1. The number of hydrogen-bond donors (Lipinski definition) is 8. The zero-order valence-corrected chi connectivity index (χ0v) is 33.8. The van der Waals surface area contributed by atoms with Crippen LogP contribution < -0.4 is 28.5 Å². The van der Waals surface area contributed by atoms with Gasteiger partial charge in [0.1, 0.15) is 66.9 Å². The molecule has 5 unspecified atom stereocenters. The number of hydrogen-bond acceptors (Lipinski definition) is 22. The maximum absolute atomic E-state index is 13.8. The summed E-state index contributed by atoms with van der Waals surface area (Å²) in [5.41, 5.74) is 16.7. The topological polar surface area (TPSA) is 359 Å². The molecule has 0 amide bonds. The third kappa shape index (κ3) is 8.77. The third-order valence-corrected chi connectivity index (χ3v) is 13.0. The van der Waals surface area contributed by atoms with E-state index in [2.05, 4.69) is 59.4 Å². The number of aliphatic hydroxyl groups excluding tert-OH is 2. The Morgan fingerprint density at radius 1 is 0.797 bits per heavy atom. The lowest BCUT2D eigenvalue weighted by atomic mass is 10.2. The first-order chi connectivity index (χ1) is 28.1. The van der Waals surface area contributed by atoms with E-state index in [9.17, 15) is 28.9 Å². The molecule has 0 saturated carbocycles. The number of anilines is 3. The van der Waals surface area contributed by atoms with E-state index < -0.39 is 100.0 Å². The Morgan fingerprint density at radius 2 is 1.39 bits per heavy atom. The van der Waals surface area contributed by atoms with E-state index in [1.165, 1.54) is 35.8 Å². The number of nitrogen functional groups attached to an aromatic ring is 3. The second-order valence-corrected chi connectivity index (χ2v) is 19.3. The Labute approximate surface area is 341 Å². The summed E-state index contributed by atoms with van der Waals surface area (Å²) in [7, 11) is 0. The minimum absolute atomic E-state index is 0.00288. The first-order valence-electron chi connectivity index (χ1n) is 17.6. The highest BCUT2D eigenvalue weighted by Crippen LogP contribution is 2.59. The number of fused-ring (bicyclic) bond motifs is 2. The number of aromatic amines is 1. The fourth-order valence-corrected chi connectivity index (χ4v) is 9.98. The van der Waals surface area contributed by atoms with E-state index in [0.29, 0.717) is 11.2 Å². The van der Waals surface area contributed by atoms with Crippen LogP contribution >= 0.6 is 38.1 Å². The maximum atomic E-state index is 13.8. The molecule has 3 aliphatic rings. The summed E-state index contributed by atoms with van der Waals surface area (Å²) in [4.78, 5) is 51.5. The Hall–Kier alpha value is -4.02. The van der Waals surface area contributed by atoms with E-state index in [0.717, 1.165) is 4.57 Å². The number of aromatic nitrogens is 10. The largest absolute Gasteiger partial charge is 0.394 e. The summed E-state index contributed by atoms with van der Waals surface area (Å²) >= 11 is 8.31. The summed E-state index contributed by atoms with van der Waals surface area (Å²) in [5.74, 6) is -0.0243. The lowest BCUT2D eigenvalue weighted by Gasteiger charge is -2.25. The quantitative estimate of drug-likeness (QED) is 0.0539. The summed E-state index contributed by atoms with van der Waals surface area (Å²) in [5, 5.41) is 20.8. The van der Waals surface area contributed by atoms with Crippen LogP contribution in [0.25, 0.3) is 22.3 Å². The number of ether oxygens (including phenoxy) is 3. The van der Waals surface area contributed by atoms with Gasteiger partial charge in [-0.3, -0.25) is 41.6 Å². The van der Waals surface area contributed by atoms with Crippen molar-refractivity contribution < 1.29 is 51.6 Å². The van der Waals surface area contributed by atoms with Gasteiger partial charge in [0.05, 0.1) is 38.6 Å². The number of nitrogens with zero attached hydrogens (tertiary/aromatic N) is 9. The van der Waals surface area contributed by atoms with Gasteiger partial charge in [-0.15, -0.1) is 0 Å². The van der Waals surface area contributed by atoms with E-state index in [4.69, 9.17) is 49.5 Å². The highest BCUT2D eigenvalue weighted by atomic mass is 32.7. The summed E-state index contributed by atoms with van der Waals surface area (Å²) < 4.78 is 72.3. The van der Waals surface area contributed by atoms with Crippen molar-refractivity contribution in [2.24, 2.45) is 0 Å². The van der Waals surface area contributed by atoms with Crippen LogP contribution in [-0.4, -0.2) is 115 Å². The number of rotatable bonds is 14. The van der Waals surface area contributed by atoms with Gasteiger partial charge in [0.2, 0.25) is 5.95 Å². The second kappa shape index (κ2) is 16.4. The van der Waals surface area contributed by atoms with E-state index in [1.807, 2.05) is 0 Å². The zero-order valence-electron chi connectivity index (χ0n) is 30.3. The van der Waals surface area contributed by atoms with Gasteiger partial charge in [-0.25, -0.2) is 33.9 Å². The van der Waals surface area contributed by atoms with Crippen LogP contribution in [0.2, 0.25) is 0 Å². The van der Waals surface area contributed by atoms with Gasteiger partial charge in [0.15, 0.2) is 22.6 Å². The molecule has 0 spiro atoms. The number of nitrogens with one attached hydrogen (secondary N) is 1. The molecule has 3 fully saturated rings. The molecule has 5 aromatic heterocycles. The van der Waals surface area contributed by atoms with Gasteiger partial charge in [-0.2, -0.15) is 9.97 Å². The second-order valence-electron chi connectivity index (χ2n) is 13.6. The smallest absolute Gasteiger partial charge is 0.386 e. The van der Waals surface area contributed by atoms with Crippen molar-refractivity contribution in [2.75, 3.05) is 37.0 Å². The Balaban J connectivity index is 0.954. The van der Waals surface area contributed by atoms with Crippen molar-refractivity contribution in [1.82, 2.24) is 48.6 Å². The first-order valence-corrected chi connectivity index (χ1v) is 23.0. The lowest BCUT2D eigenvalue weighted by molar-refractivity contribution is -0.0512. The average molecular weight is 902 g/mol. The number of thiol groups is 2. The number of H-pyrrole nitrogens is 1. The highest BCUT2D eigenvalue weighted by Gasteiger charge is 2.46. The predicted octanol–water partition coefficient (Wildman–Crippen LogP) is 0.0581. The van der Waals surface area contributed by atoms with Gasteiger partial charge in [-0.1, -0.05) is 24.5 Å². The van der Waals surface area contributed by atoms with Crippen LogP contribution in [0, 0.1) is 0 Å². The molecule has 5 aromatic rings. The van der Waals surface area contributed by atoms with Gasteiger partial charge in [0.25, 0.3) is 5.56 Å². The molecule has 8 rings (SSSR count). The fourth-order valence-electron chi connectivity index (χ4n) is 6.93. The molecular weight excluding hydrogens is 864 g/mol. The van der Waals surface area contributed by atoms with Crippen molar-refractivity contribution >= 4 is 78.0 Å². The van der Waals surface area contributed by atoms with E-state index >= 15 is 0 Å². The summed E-state index contributed by atoms with van der Waals surface area (Å²) in [6.07, 6.45) is -3.81. The van der Waals surface area contributed by atoms with Gasteiger partial charge >= 0.3 is 19.3 Å². The van der Waals surface area contributed by atoms with Crippen molar-refractivity contribution in [1.29, 1.82) is 0 Å². The zero-order chi connectivity index (χ0) is 41.8. The van der Waals surface area contributed by atoms with Crippen molar-refractivity contribution in [2.45, 2.75) is 74.6 Å². The fraction of sp³-hybridized carbons (Fsp3) is 0.517. The number of imidazole rings is 2. The number of nitrogens with two attached hydrogens (primary N) is 3. The van der Waals surface area contributed by atoms with Crippen molar-refractivity contribution in [3.63, 3.8) is 0 Å². The molecule has 59 heavy (non-hydrogen) atoms. The van der Waals surface area contributed by atoms with Gasteiger partial charge < -0.3 is 41.6 Å². The molecule has 30 heteroatoms. The molecule has 26 nitrogen and oxygen atoms in total. The SMILES string of the molecule is Nc1ccn([C@H]2CC(OP(=O)(S)OC[C@H]3O[C@@H](n4cnc5c(=O)[nH]c(N)nc54)CC3OP(=O)(S)OC[C@H]3O[C@@H](n4cnc5c(N)ncnc54)CC3O)[C@@H](CO)O2)c(=O)n1. The monoisotopic (exact) mass is 901 g/mol. The molecule has 0 radical (unpaired) electrons. The van der Waals surface area contributed by atoms with E-state index in [1.54, 1.807) is 4.57 Å². The molecule has 0 aliphatic carbocycles. The van der Waals surface area contributed by atoms with Crippen molar-refractivity contribution in [3.05, 3.63) is 52.1 Å². The molecule has 11 atom stereocenters. The summed E-state index contributed by atoms with van der Waals surface area (Å²) in [6, 6.07) is 1.39. The molecule has 8 heterocycles. The van der Waals surface area contributed by atoms with Crippen LogP contribution in [0.4, 0.5) is 17.6 Å². The number of aliphatic hydroxyl groups is 2. The first kappa shape index (κ1) is 41.7. The van der Waals surface area contributed by atoms with Crippen LogP contribution in [0.1, 0.15) is 37.9 Å². The van der Waals surface area contributed by atoms with Crippen LogP contribution in [0.3, 0.4) is 0 Å². The lowest BCUT2D eigenvalue weighted by Crippen LogP contribution is -2.30. The van der Waals surface area contributed by atoms with Crippen molar-refractivity contribution in [3.8, 4) is 0 Å². The molecule has 0 aromatic carbocycles. The van der Waals surface area contributed by atoms with E-state index in [-0.39, 0.29) is 48.0 Å². The van der Waals surface area contributed by atoms with Crippen LogP contribution in [-0.2, 0) is 41.4 Å². The molecular formula is C29H37N13O13P2S2. The molecule has 0 bridgehead atoms. The minimum atomic E-state index is -4.31. The Bertz CT molecular complexity index is 2580. The molecule has 9 N–H and O–H groups in total. The third-order valence-electron chi connectivity index (χ3n) is 9.71. The van der Waals surface area contributed by atoms with Gasteiger partial charge in [-0.05, 0) is 6.07 Å². The Morgan fingerprint density at radius 3 is 2.08 bits per heavy atom.